The molecule has 0 saturated heterocycles. The number of nitrogens with zero attached hydrogens (tertiary/aromatic N) is 2. The van der Waals surface area contributed by atoms with Crippen molar-refractivity contribution in [3.8, 4) is 0 Å². The fourth-order valence-electron chi connectivity index (χ4n) is 3.49. The van der Waals surface area contributed by atoms with E-state index in [-0.39, 0.29) is 5.91 Å². The molecule has 0 spiro atoms. The Bertz CT molecular complexity index is 1100. The highest BCUT2D eigenvalue weighted by molar-refractivity contribution is 8.16. The van der Waals surface area contributed by atoms with Crippen molar-refractivity contribution in [3.05, 3.63) is 83.3 Å². The summed E-state index contributed by atoms with van der Waals surface area (Å²) in [4.78, 5) is 19.5. The van der Waals surface area contributed by atoms with Gasteiger partial charge in [0.15, 0.2) is 5.17 Å². The number of carbonyl (C=O) groups excluding carboxylic acids is 1. The summed E-state index contributed by atoms with van der Waals surface area (Å²) in [7, 11) is 0. The van der Waals surface area contributed by atoms with Crippen LogP contribution in [0.15, 0.2) is 77.1 Å². The summed E-state index contributed by atoms with van der Waals surface area (Å²) >= 11 is 1.67. The van der Waals surface area contributed by atoms with Crippen LogP contribution in [0.2, 0.25) is 0 Å². The molecule has 0 saturated carbocycles. The molecule has 1 amide bonds. The van der Waals surface area contributed by atoms with E-state index in [1.165, 1.54) is 5.70 Å². The molecule has 0 fully saturated rings. The maximum atomic E-state index is 12.8. The molecule has 2 aliphatic heterocycles. The standard InChI is InChI=1S/C22H17N3OS/c26-21(19-7-3-5-15-4-1-2-6-18(15)19)24-17-10-8-16(9-11-17)20-14-27-22-23-12-13-25(20)22/h1-11,14H,12-13H2,(H,24,26). The molecule has 0 atom stereocenters. The highest BCUT2D eigenvalue weighted by Crippen LogP contribution is 2.35. The fraction of sp³-hybridized carbons (Fsp3) is 0.0909. The number of hydrogen-bond acceptors (Lipinski definition) is 4. The van der Waals surface area contributed by atoms with Crippen LogP contribution in [0.5, 0.6) is 0 Å². The van der Waals surface area contributed by atoms with Crippen LogP contribution in [-0.4, -0.2) is 29.1 Å². The maximum Gasteiger partial charge on any atom is 0.256 e. The molecule has 132 valence electrons. The summed E-state index contributed by atoms with van der Waals surface area (Å²) in [5.41, 5.74) is 3.80. The first-order valence-corrected chi connectivity index (χ1v) is 9.76. The van der Waals surface area contributed by atoms with Crippen LogP contribution in [0.25, 0.3) is 16.5 Å². The van der Waals surface area contributed by atoms with Crippen LogP contribution in [0.4, 0.5) is 5.69 Å². The van der Waals surface area contributed by atoms with E-state index in [2.05, 4.69) is 20.6 Å². The van der Waals surface area contributed by atoms with Crippen molar-refractivity contribution in [1.29, 1.82) is 0 Å². The van der Waals surface area contributed by atoms with Gasteiger partial charge in [0, 0.05) is 23.2 Å². The van der Waals surface area contributed by atoms with Crippen molar-refractivity contribution in [2.75, 3.05) is 18.4 Å². The number of amides is 1. The first kappa shape index (κ1) is 16.1. The van der Waals surface area contributed by atoms with E-state index in [0.717, 1.165) is 40.3 Å². The molecule has 5 rings (SSSR count). The Morgan fingerprint density at radius 1 is 1.00 bits per heavy atom. The lowest BCUT2D eigenvalue weighted by atomic mass is 10.0. The molecule has 3 aromatic rings. The van der Waals surface area contributed by atoms with Gasteiger partial charge in [-0.15, -0.1) is 0 Å². The minimum atomic E-state index is -0.0934. The lowest BCUT2D eigenvalue weighted by Crippen LogP contribution is -2.19. The number of rotatable bonds is 3. The quantitative estimate of drug-likeness (QED) is 0.719. The summed E-state index contributed by atoms with van der Waals surface area (Å²) in [6.07, 6.45) is 0. The third-order valence-corrected chi connectivity index (χ3v) is 5.74. The number of amidine groups is 1. The van der Waals surface area contributed by atoms with E-state index in [0.29, 0.717) is 5.56 Å². The third-order valence-electron chi connectivity index (χ3n) is 4.84. The Morgan fingerprint density at radius 3 is 2.70 bits per heavy atom. The second kappa shape index (κ2) is 6.59. The minimum Gasteiger partial charge on any atom is -0.322 e. The van der Waals surface area contributed by atoms with Crippen LogP contribution in [0.3, 0.4) is 0 Å². The van der Waals surface area contributed by atoms with Crippen LogP contribution in [-0.2, 0) is 0 Å². The number of anilines is 1. The SMILES string of the molecule is O=C(Nc1ccc(C2=CSC3=NCCN23)cc1)c1cccc2ccccc12. The zero-order valence-corrected chi connectivity index (χ0v) is 15.4. The highest BCUT2D eigenvalue weighted by Gasteiger charge is 2.26. The van der Waals surface area contributed by atoms with E-state index < -0.39 is 0 Å². The highest BCUT2D eigenvalue weighted by atomic mass is 32.2. The molecule has 5 heteroatoms. The Morgan fingerprint density at radius 2 is 1.81 bits per heavy atom. The number of aliphatic imine (C=N–C) groups is 1. The molecule has 0 bridgehead atoms. The van der Waals surface area contributed by atoms with Gasteiger partial charge in [-0.2, -0.15) is 0 Å². The van der Waals surface area contributed by atoms with Gasteiger partial charge in [-0.3, -0.25) is 9.79 Å². The summed E-state index contributed by atoms with van der Waals surface area (Å²) in [5, 5.41) is 8.26. The fourth-order valence-corrected chi connectivity index (χ4v) is 4.46. The van der Waals surface area contributed by atoms with Gasteiger partial charge in [-0.1, -0.05) is 60.3 Å². The van der Waals surface area contributed by atoms with E-state index in [1.807, 2.05) is 66.7 Å². The van der Waals surface area contributed by atoms with Crippen LogP contribution >= 0.6 is 11.8 Å². The number of hydrogen-bond donors (Lipinski definition) is 1. The monoisotopic (exact) mass is 371 g/mol. The Hall–Kier alpha value is -3.05. The molecular formula is C22H17N3OS. The minimum absolute atomic E-state index is 0.0934. The van der Waals surface area contributed by atoms with Gasteiger partial charge in [0.1, 0.15) is 0 Å². The molecule has 4 nitrogen and oxygen atoms in total. The van der Waals surface area contributed by atoms with Gasteiger partial charge in [-0.05, 0) is 34.5 Å². The first-order chi connectivity index (χ1) is 13.3. The van der Waals surface area contributed by atoms with Gasteiger partial charge in [0.05, 0.1) is 12.2 Å². The average Bonchev–Trinajstić information content (AvgIpc) is 3.32. The largest absolute Gasteiger partial charge is 0.322 e. The van der Waals surface area contributed by atoms with E-state index in [9.17, 15) is 4.79 Å². The predicted molar refractivity (Wildman–Crippen MR) is 113 cm³/mol. The van der Waals surface area contributed by atoms with Crippen molar-refractivity contribution in [2.24, 2.45) is 4.99 Å². The number of carbonyl (C=O) groups is 1. The molecule has 2 heterocycles. The van der Waals surface area contributed by atoms with Gasteiger partial charge in [0.2, 0.25) is 0 Å². The van der Waals surface area contributed by atoms with Gasteiger partial charge < -0.3 is 10.2 Å². The van der Waals surface area contributed by atoms with Crippen LogP contribution < -0.4 is 5.32 Å². The maximum absolute atomic E-state index is 12.8. The normalized spacial score (nSPS) is 15.5. The number of benzene rings is 3. The molecule has 0 aliphatic carbocycles. The van der Waals surface area contributed by atoms with Gasteiger partial charge in [0.25, 0.3) is 5.91 Å². The van der Waals surface area contributed by atoms with E-state index in [1.54, 1.807) is 11.8 Å². The smallest absolute Gasteiger partial charge is 0.256 e. The lowest BCUT2D eigenvalue weighted by Gasteiger charge is -2.17. The Labute approximate surface area is 161 Å². The van der Waals surface area contributed by atoms with Crippen molar-refractivity contribution in [1.82, 2.24) is 4.90 Å². The molecule has 0 aromatic heterocycles. The zero-order chi connectivity index (χ0) is 18.2. The number of nitrogens with one attached hydrogen (secondary N) is 1. The van der Waals surface area contributed by atoms with E-state index >= 15 is 0 Å². The van der Waals surface area contributed by atoms with Gasteiger partial charge in [-0.25, -0.2) is 0 Å². The topological polar surface area (TPSA) is 44.7 Å². The zero-order valence-electron chi connectivity index (χ0n) is 14.6. The molecule has 1 N–H and O–H groups in total. The summed E-state index contributed by atoms with van der Waals surface area (Å²) < 4.78 is 0. The Kier molecular flexibility index (Phi) is 3.94. The van der Waals surface area contributed by atoms with Crippen LogP contribution in [0, 0.1) is 0 Å². The van der Waals surface area contributed by atoms with Crippen molar-refractivity contribution < 1.29 is 4.79 Å². The van der Waals surface area contributed by atoms with Crippen LogP contribution in [0.1, 0.15) is 15.9 Å². The molecule has 0 radical (unpaired) electrons. The van der Waals surface area contributed by atoms with E-state index in [4.69, 9.17) is 0 Å². The predicted octanol–water partition coefficient (Wildman–Crippen LogP) is 4.81. The number of thioether (sulfide) groups is 1. The number of fused-ring (bicyclic) bond motifs is 2. The third kappa shape index (κ3) is 2.90. The molecular weight excluding hydrogens is 354 g/mol. The van der Waals surface area contributed by atoms with Crippen molar-refractivity contribution in [3.63, 3.8) is 0 Å². The second-order valence-electron chi connectivity index (χ2n) is 6.50. The molecule has 3 aromatic carbocycles. The lowest BCUT2D eigenvalue weighted by molar-refractivity contribution is 0.102. The summed E-state index contributed by atoms with van der Waals surface area (Å²) in [6.45, 7) is 1.80. The first-order valence-electron chi connectivity index (χ1n) is 8.88. The Balaban J connectivity index is 1.37. The average molecular weight is 371 g/mol. The second-order valence-corrected chi connectivity index (χ2v) is 7.33. The molecule has 27 heavy (non-hydrogen) atoms. The summed E-state index contributed by atoms with van der Waals surface area (Å²) in [6, 6.07) is 21.7. The van der Waals surface area contributed by atoms with Crippen molar-refractivity contribution >= 4 is 45.0 Å². The van der Waals surface area contributed by atoms with Gasteiger partial charge >= 0.3 is 0 Å². The summed E-state index contributed by atoms with van der Waals surface area (Å²) in [5.74, 6) is -0.0934. The molecule has 0 unspecified atom stereocenters. The van der Waals surface area contributed by atoms with Crippen molar-refractivity contribution in [2.45, 2.75) is 0 Å². The molecule has 2 aliphatic rings.